The molecule has 0 bridgehead atoms. The molecule has 9 nitrogen and oxygen atoms in total. The molecule has 0 aromatic rings. The molecule has 3 N–H and O–H groups in total. The van der Waals surface area contributed by atoms with Gasteiger partial charge in [0.25, 0.3) is 0 Å². The summed E-state index contributed by atoms with van der Waals surface area (Å²) >= 11 is 0. The fourth-order valence-corrected chi connectivity index (χ4v) is 14.3. The summed E-state index contributed by atoms with van der Waals surface area (Å²) in [6.45, 7) is 3.72. The number of carbonyl (C=O) groups is 2. The molecular weight excluding hydrogens is 1240 g/mol. The highest BCUT2D eigenvalue weighted by atomic mass is 31.2. The quantitative estimate of drug-likeness (QED) is 0.0264. The zero-order chi connectivity index (χ0) is 71.5. The van der Waals surface area contributed by atoms with E-state index in [0.717, 1.165) is 64.2 Å². The van der Waals surface area contributed by atoms with Gasteiger partial charge in [-0.15, -0.1) is 0 Å². The third-order valence-corrected chi connectivity index (χ3v) is 20.9. The van der Waals surface area contributed by atoms with Gasteiger partial charge in [-0.25, -0.2) is 4.57 Å². The van der Waals surface area contributed by atoms with Gasteiger partial charge >= 0.3 is 19.8 Å². The first-order valence-corrected chi connectivity index (χ1v) is 45.3. The van der Waals surface area contributed by atoms with Crippen LogP contribution in [-0.4, -0.2) is 49.3 Å². The smallest absolute Gasteiger partial charge is 0.462 e. The number of rotatable bonds is 84. The first-order valence-electron chi connectivity index (χ1n) is 43.8. The topological polar surface area (TPSA) is 134 Å². The summed E-state index contributed by atoms with van der Waals surface area (Å²) in [7, 11) is -4.40. The average Bonchev–Trinajstić information content (AvgIpc) is 1.35. The van der Waals surface area contributed by atoms with Gasteiger partial charge in [-0.2, -0.15) is 0 Å². The van der Waals surface area contributed by atoms with Gasteiger partial charge in [0.2, 0.25) is 0 Å². The Bertz CT molecular complexity index is 1810. The van der Waals surface area contributed by atoms with Crippen LogP contribution in [0.25, 0.3) is 0 Å². The summed E-state index contributed by atoms with van der Waals surface area (Å²) in [5, 5.41) is 0. The lowest BCUT2D eigenvalue weighted by atomic mass is 10.0. The molecule has 0 saturated carbocycles. The molecule has 2 unspecified atom stereocenters. The lowest BCUT2D eigenvalue weighted by Crippen LogP contribution is -2.29. The zero-order valence-corrected chi connectivity index (χ0v) is 66.9. The second kappa shape index (κ2) is 84.6. The van der Waals surface area contributed by atoms with Crippen LogP contribution in [0.2, 0.25) is 0 Å². The first-order chi connectivity index (χ1) is 48.8. The monoisotopic (exact) mass is 1410 g/mol. The van der Waals surface area contributed by atoms with Crippen molar-refractivity contribution in [1.29, 1.82) is 0 Å². The van der Waals surface area contributed by atoms with Crippen molar-refractivity contribution in [3.63, 3.8) is 0 Å². The molecule has 99 heavy (non-hydrogen) atoms. The second-order valence-corrected chi connectivity index (χ2v) is 31.2. The highest BCUT2D eigenvalue weighted by molar-refractivity contribution is 7.47. The minimum Gasteiger partial charge on any atom is -0.462 e. The number of hydrogen-bond acceptors (Lipinski definition) is 8. The molecule has 0 aliphatic rings. The lowest BCUT2D eigenvalue weighted by molar-refractivity contribution is -0.161. The molecule has 0 aliphatic heterocycles. The van der Waals surface area contributed by atoms with Crippen molar-refractivity contribution >= 4 is 19.8 Å². The lowest BCUT2D eigenvalue weighted by Gasteiger charge is -2.19. The molecule has 10 heteroatoms. The van der Waals surface area contributed by atoms with Crippen LogP contribution in [0.5, 0.6) is 0 Å². The van der Waals surface area contributed by atoms with Crippen molar-refractivity contribution in [3.8, 4) is 0 Å². The van der Waals surface area contributed by atoms with Crippen molar-refractivity contribution in [3.05, 3.63) is 60.8 Å². The minimum atomic E-state index is -4.40. The fourth-order valence-electron chi connectivity index (χ4n) is 13.5. The summed E-state index contributed by atoms with van der Waals surface area (Å²) < 4.78 is 33.3. The number of phosphoric ester groups is 1. The number of nitrogens with two attached hydrogens (primary N) is 1. The normalized spacial score (nSPS) is 13.1. The van der Waals surface area contributed by atoms with Crippen LogP contribution < -0.4 is 5.73 Å². The largest absolute Gasteiger partial charge is 0.472 e. The number of ether oxygens (including phenoxy) is 2. The molecule has 0 aromatic heterocycles. The van der Waals surface area contributed by atoms with Gasteiger partial charge < -0.3 is 20.1 Å². The third kappa shape index (κ3) is 84.5. The number of carbonyl (C=O) groups excluding carboxylic acids is 2. The van der Waals surface area contributed by atoms with E-state index in [4.69, 9.17) is 24.3 Å². The predicted molar refractivity (Wildman–Crippen MR) is 432 cm³/mol. The molecule has 0 fully saturated rings. The van der Waals surface area contributed by atoms with Crippen molar-refractivity contribution in [2.75, 3.05) is 26.4 Å². The summed E-state index contributed by atoms with van der Waals surface area (Å²) in [6, 6.07) is 0. The highest BCUT2D eigenvalue weighted by Crippen LogP contribution is 2.43. The van der Waals surface area contributed by atoms with E-state index >= 15 is 0 Å². The van der Waals surface area contributed by atoms with Crippen molar-refractivity contribution in [2.45, 2.75) is 469 Å². The van der Waals surface area contributed by atoms with Gasteiger partial charge in [-0.05, 0) is 57.8 Å². The molecule has 0 amide bonds. The second-order valence-electron chi connectivity index (χ2n) is 29.7. The van der Waals surface area contributed by atoms with Gasteiger partial charge in [0.1, 0.15) is 6.61 Å². The highest BCUT2D eigenvalue weighted by Gasteiger charge is 2.26. The number of esters is 2. The molecule has 0 heterocycles. The van der Waals surface area contributed by atoms with Crippen LogP contribution in [0.1, 0.15) is 463 Å². The van der Waals surface area contributed by atoms with Crippen LogP contribution in [0, 0.1) is 0 Å². The average molecular weight is 1410 g/mol. The van der Waals surface area contributed by atoms with E-state index in [1.165, 1.54) is 366 Å². The zero-order valence-electron chi connectivity index (χ0n) is 66.0. The van der Waals surface area contributed by atoms with Gasteiger partial charge in [-0.1, -0.05) is 453 Å². The van der Waals surface area contributed by atoms with Crippen LogP contribution in [0.3, 0.4) is 0 Å². The number of hydrogen-bond donors (Lipinski definition) is 2. The summed E-state index contributed by atoms with van der Waals surface area (Å²) in [5.41, 5.74) is 5.42. The molecule has 0 aliphatic carbocycles. The molecule has 0 spiro atoms. The maximum Gasteiger partial charge on any atom is 0.472 e. The molecular formula is C89H168NO8P. The van der Waals surface area contributed by atoms with Crippen molar-refractivity contribution < 1.29 is 37.6 Å². The summed E-state index contributed by atoms with van der Waals surface area (Å²) in [4.78, 5) is 35.5. The number of phosphoric acid groups is 1. The Kier molecular flexibility index (Phi) is 82.7. The van der Waals surface area contributed by atoms with Crippen molar-refractivity contribution in [2.24, 2.45) is 5.73 Å². The Morgan fingerprint density at radius 1 is 0.313 bits per heavy atom. The molecule has 0 saturated heterocycles. The Morgan fingerprint density at radius 3 is 0.828 bits per heavy atom. The first kappa shape index (κ1) is 96.7. The Morgan fingerprint density at radius 2 is 0.556 bits per heavy atom. The van der Waals surface area contributed by atoms with E-state index in [-0.39, 0.29) is 38.6 Å². The fraction of sp³-hybridized carbons (Fsp3) is 0.865. The molecule has 0 rings (SSSR count). The van der Waals surface area contributed by atoms with E-state index in [2.05, 4.69) is 74.6 Å². The number of unbranched alkanes of at least 4 members (excludes halogenated alkanes) is 61. The van der Waals surface area contributed by atoms with Gasteiger partial charge in [0.05, 0.1) is 13.2 Å². The SMILES string of the molecule is CC/C=C\C/C=C\C/C=C\C/C=C\C/C=C\CCCCCCCCCCCCCCCCCCCCCCCCCC(=O)OC(COC(=O)CCCCCCCCCCCCCCCCCCCCCCCCCCCCCCCCCCCCCCCCC)COP(=O)(O)OCCN. The Labute approximate surface area is 616 Å². The van der Waals surface area contributed by atoms with Gasteiger partial charge in [0.15, 0.2) is 6.10 Å². The Balaban J connectivity index is 3.71. The summed E-state index contributed by atoms with van der Waals surface area (Å²) in [6.07, 6.45) is 113. The van der Waals surface area contributed by atoms with E-state index < -0.39 is 26.5 Å². The van der Waals surface area contributed by atoms with Crippen LogP contribution >= 0.6 is 7.82 Å². The number of allylic oxidation sites excluding steroid dienone is 10. The molecule has 2 atom stereocenters. The Hall–Kier alpha value is -2.29. The predicted octanol–water partition coefficient (Wildman–Crippen LogP) is 29.7. The van der Waals surface area contributed by atoms with E-state index in [9.17, 15) is 19.0 Å². The van der Waals surface area contributed by atoms with E-state index in [1.54, 1.807) is 0 Å². The maximum absolute atomic E-state index is 12.8. The van der Waals surface area contributed by atoms with E-state index in [0.29, 0.717) is 6.42 Å². The van der Waals surface area contributed by atoms with Crippen LogP contribution in [-0.2, 0) is 32.7 Å². The van der Waals surface area contributed by atoms with Crippen LogP contribution in [0.4, 0.5) is 0 Å². The third-order valence-electron chi connectivity index (χ3n) is 19.9. The molecule has 582 valence electrons. The summed E-state index contributed by atoms with van der Waals surface area (Å²) in [5.74, 6) is -0.800. The molecule has 0 radical (unpaired) electrons. The van der Waals surface area contributed by atoms with E-state index in [1.807, 2.05) is 0 Å². The van der Waals surface area contributed by atoms with Crippen molar-refractivity contribution in [1.82, 2.24) is 0 Å². The standard InChI is InChI=1S/C89H168NO8P/c1-3-5-7-9-11-13-15-17-19-21-23-25-27-29-31-33-35-37-39-41-43-45-47-49-51-53-55-57-59-61-63-65-67-69-71-73-75-77-79-81-88(91)95-85-87(86-97-99(93,94)96-84-83-90)98-89(92)82-80-78-76-74-72-70-68-66-64-62-60-58-56-54-52-50-48-46-44-42-40-38-36-34-32-30-28-26-24-22-20-18-16-14-12-10-8-6-4-2/h6,8,12,14,18,20,24,26,30,32,87H,3-5,7,9-11,13,15-17,19,21-23,25,27-29,31,33-86,90H2,1-2H3,(H,93,94)/b8-6-,14-12-,20-18-,26-24-,32-30-. The van der Waals surface area contributed by atoms with Gasteiger partial charge in [0, 0.05) is 19.4 Å². The van der Waals surface area contributed by atoms with Crippen LogP contribution in [0.15, 0.2) is 60.8 Å². The van der Waals surface area contributed by atoms with Gasteiger partial charge in [-0.3, -0.25) is 18.6 Å². The maximum atomic E-state index is 12.8. The minimum absolute atomic E-state index is 0.0561. The molecule has 0 aromatic carbocycles.